The number of hydrogen-bond acceptors (Lipinski definition) is 3. The van der Waals surface area contributed by atoms with Crippen LogP contribution in [0.4, 0.5) is 22.7 Å². The van der Waals surface area contributed by atoms with Crippen molar-refractivity contribution in [2.75, 3.05) is 9.80 Å². The summed E-state index contributed by atoms with van der Waals surface area (Å²) in [5.41, 5.74) is 11.0. The quantitative estimate of drug-likeness (QED) is 0.157. The Bertz CT molecular complexity index is 2840. The van der Waals surface area contributed by atoms with Gasteiger partial charge in [0.1, 0.15) is 11.0 Å². The molecule has 7 aromatic carbocycles. The van der Waals surface area contributed by atoms with Crippen molar-refractivity contribution in [2.24, 2.45) is 0 Å². The Morgan fingerprint density at radius 2 is 1.29 bits per heavy atom. The number of allylic oxidation sites excluding steroid dienone is 5. The topological polar surface area (TPSA) is 19.6 Å². The van der Waals surface area contributed by atoms with E-state index in [0.717, 1.165) is 46.1 Å². The van der Waals surface area contributed by atoms with Crippen molar-refractivity contribution in [3.63, 3.8) is 0 Å². The normalized spacial score (nSPS) is 14.1. The fourth-order valence-electron chi connectivity index (χ4n) is 8.02. The maximum atomic E-state index is 6.27. The van der Waals surface area contributed by atoms with Crippen molar-refractivity contribution >= 4 is 78.3 Å². The lowest BCUT2D eigenvalue weighted by Crippen LogP contribution is -2.29. The van der Waals surface area contributed by atoms with Crippen LogP contribution in [0.25, 0.3) is 55.6 Å². The lowest BCUT2D eigenvalue weighted by atomic mass is 9.91. The van der Waals surface area contributed by atoms with Gasteiger partial charge in [-0.05, 0) is 110 Å². The summed E-state index contributed by atoms with van der Waals surface area (Å²) in [7, 11) is 0. The van der Waals surface area contributed by atoms with E-state index in [9.17, 15) is 0 Å². The molecule has 8 aromatic rings. The first-order valence-corrected chi connectivity index (χ1v) is 18.1. The van der Waals surface area contributed by atoms with Crippen LogP contribution in [0.1, 0.15) is 32.3 Å². The molecule has 1 aromatic heterocycles. The van der Waals surface area contributed by atoms with E-state index in [4.69, 9.17) is 4.42 Å². The molecule has 252 valence electrons. The standard InChI is InChI=1S/C49H40N2O/c1-5-11-45(47-34(4)52-46-15-10-9-14-42(46)47)51(39-26-18-33(3)19-27-39)44-31-23-36-20-28-40-43(30-22-35-21-29-41(44)49(36)48(35)40)50(37-12-7-6-8-13-37)38-24-16-32(2)17-25-38/h5-16,18-24,26-31H,4,17,25H2,1-3H3/b11-5-,47-45-. The Morgan fingerprint density at radius 1 is 0.635 bits per heavy atom. The number of fused-ring (bicyclic) bond motifs is 1. The molecule has 0 bridgehead atoms. The third-order valence-electron chi connectivity index (χ3n) is 10.5. The van der Waals surface area contributed by atoms with Crippen LogP contribution in [-0.2, 0) is 0 Å². The minimum Gasteiger partial charge on any atom is -0.457 e. The Kier molecular flexibility index (Phi) is 7.78. The van der Waals surface area contributed by atoms with E-state index in [1.54, 1.807) is 0 Å². The molecular formula is C49H40N2O. The molecule has 0 radical (unpaired) electrons. The van der Waals surface area contributed by atoms with Crippen LogP contribution in [0.2, 0.25) is 0 Å². The van der Waals surface area contributed by atoms with Gasteiger partial charge in [0.15, 0.2) is 0 Å². The van der Waals surface area contributed by atoms with Crippen LogP contribution >= 0.6 is 0 Å². The average molecular weight is 673 g/mol. The number of hydrogen-bond donors (Lipinski definition) is 0. The number of anilines is 4. The smallest absolute Gasteiger partial charge is 0.135 e. The molecule has 0 spiro atoms. The van der Waals surface area contributed by atoms with E-state index in [1.807, 2.05) is 12.1 Å². The summed E-state index contributed by atoms with van der Waals surface area (Å²) in [4.78, 5) is 4.85. The molecule has 0 fully saturated rings. The third kappa shape index (κ3) is 5.20. The Balaban J connectivity index is 1.36. The molecule has 52 heavy (non-hydrogen) atoms. The molecule has 0 atom stereocenters. The first-order valence-electron chi connectivity index (χ1n) is 18.1. The third-order valence-corrected chi connectivity index (χ3v) is 10.5. The fourth-order valence-corrected chi connectivity index (χ4v) is 8.02. The number of benzene rings is 7. The van der Waals surface area contributed by atoms with Gasteiger partial charge in [-0.2, -0.15) is 0 Å². The summed E-state index contributed by atoms with van der Waals surface area (Å²) in [5.74, 6) is 0. The van der Waals surface area contributed by atoms with E-state index >= 15 is 0 Å². The lowest BCUT2D eigenvalue weighted by Gasteiger charge is -2.31. The van der Waals surface area contributed by atoms with Gasteiger partial charge in [0, 0.05) is 33.2 Å². The highest BCUT2D eigenvalue weighted by Crippen LogP contribution is 2.46. The van der Waals surface area contributed by atoms with Gasteiger partial charge in [-0.25, -0.2) is 0 Å². The number of nitrogens with zero attached hydrogens (tertiary/aromatic N) is 2. The molecule has 0 N–H and O–H groups in total. The average Bonchev–Trinajstić information content (AvgIpc) is 3.51. The highest BCUT2D eigenvalue weighted by molar-refractivity contribution is 6.28. The van der Waals surface area contributed by atoms with Crippen molar-refractivity contribution in [3.05, 3.63) is 179 Å². The van der Waals surface area contributed by atoms with Crippen molar-refractivity contribution in [3.8, 4) is 0 Å². The monoisotopic (exact) mass is 672 g/mol. The zero-order valence-corrected chi connectivity index (χ0v) is 29.9. The molecule has 1 aliphatic rings. The van der Waals surface area contributed by atoms with Gasteiger partial charge in [-0.3, -0.25) is 0 Å². The van der Waals surface area contributed by atoms with E-state index in [2.05, 4.69) is 177 Å². The molecule has 0 aliphatic heterocycles. The molecular weight excluding hydrogens is 633 g/mol. The van der Waals surface area contributed by atoms with Crippen molar-refractivity contribution < 1.29 is 4.42 Å². The molecule has 0 amide bonds. The van der Waals surface area contributed by atoms with E-state index < -0.39 is 0 Å². The number of rotatable bonds is 7. The van der Waals surface area contributed by atoms with Crippen LogP contribution in [0.3, 0.4) is 0 Å². The molecule has 0 saturated heterocycles. The molecule has 1 heterocycles. The molecule has 9 rings (SSSR count). The molecule has 3 heteroatoms. The van der Waals surface area contributed by atoms with Gasteiger partial charge >= 0.3 is 0 Å². The zero-order valence-electron chi connectivity index (χ0n) is 29.9. The zero-order chi connectivity index (χ0) is 35.3. The Morgan fingerprint density at radius 3 is 1.98 bits per heavy atom. The summed E-state index contributed by atoms with van der Waals surface area (Å²) in [6.07, 6.45) is 10.9. The van der Waals surface area contributed by atoms with Crippen LogP contribution in [0.15, 0.2) is 167 Å². The largest absolute Gasteiger partial charge is 0.457 e. The minimum absolute atomic E-state index is 0.650. The first-order chi connectivity index (χ1) is 25.5. The van der Waals surface area contributed by atoms with Gasteiger partial charge in [-0.15, -0.1) is 0 Å². The second kappa shape index (κ2) is 12.8. The number of para-hydroxylation sites is 2. The highest BCUT2D eigenvalue weighted by atomic mass is 16.3. The van der Waals surface area contributed by atoms with Gasteiger partial charge in [-0.1, -0.05) is 115 Å². The maximum Gasteiger partial charge on any atom is 0.135 e. The Labute approximate surface area is 304 Å². The van der Waals surface area contributed by atoms with Gasteiger partial charge in [0.2, 0.25) is 0 Å². The first kappa shape index (κ1) is 31.6. The molecule has 0 unspecified atom stereocenters. The molecule has 3 nitrogen and oxygen atoms in total. The highest BCUT2D eigenvalue weighted by Gasteiger charge is 2.24. The van der Waals surface area contributed by atoms with E-state index in [-0.39, 0.29) is 0 Å². The summed E-state index contributed by atoms with van der Waals surface area (Å²) in [6, 6.07) is 46.2. The van der Waals surface area contributed by atoms with Gasteiger partial charge in [0.25, 0.3) is 0 Å². The maximum absolute atomic E-state index is 6.27. The summed E-state index contributed by atoms with van der Waals surface area (Å²) in [5, 5.41) is 9.46. The molecule has 1 aliphatic carbocycles. The van der Waals surface area contributed by atoms with Crippen molar-refractivity contribution in [1.29, 1.82) is 0 Å². The second-order valence-electron chi connectivity index (χ2n) is 13.9. The van der Waals surface area contributed by atoms with Crippen molar-refractivity contribution in [1.82, 2.24) is 0 Å². The van der Waals surface area contributed by atoms with Crippen molar-refractivity contribution in [2.45, 2.75) is 33.6 Å². The Hall–Kier alpha value is -6.32. The fraction of sp³-hybridized carbons (Fsp3) is 0.102. The minimum atomic E-state index is 0.650. The van der Waals surface area contributed by atoms with Crippen LogP contribution in [-0.4, -0.2) is 0 Å². The SMILES string of the molecule is C=c1oc2ccccc2/c1=C(/C=C\C)N(c1ccc(C)cc1)c1ccc2ccc3c(N(C4=CC=C(C)CC4)c4ccccc4)ccc4ccc1c2c43. The molecule has 0 saturated carbocycles. The van der Waals surface area contributed by atoms with Crippen LogP contribution in [0, 0.1) is 6.92 Å². The van der Waals surface area contributed by atoms with E-state index in [0.29, 0.717) is 5.42 Å². The number of furan rings is 1. The predicted octanol–water partition coefficient (Wildman–Crippen LogP) is 12.3. The van der Waals surface area contributed by atoms with Crippen LogP contribution < -0.4 is 20.4 Å². The summed E-state index contributed by atoms with van der Waals surface area (Å²) < 4.78 is 6.27. The number of aryl methyl sites for hydroxylation is 1. The van der Waals surface area contributed by atoms with E-state index in [1.165, 1.54) is 60.5 Å². The van der Waals surface area contributed by atoms with Gasteiger partial charge in [0.05, 0.1) is 22.3 Å². The van der Waals surface area contributed by atoms with Crippen LogP contribution in [0.5, 0.6) is 0 Å². The lowest BCUT2D eigenvalue weighted by molar-refractivity contribution is 0.577. The second-order valence-corrected chi connectivity index (χ2v) is 13.9. The summed E-state index contributed by atoms with van der Waals surface area (Å²) >= 11 is 0. The predicted molar refractivity (Wildman–Crippen MR) is 222 cm³/mol. The van der Waals surface area contributed by atoms with Gasteiger partial charge < -0.3 is 14.2 Å². The summed E-state index contributed by atoms with van der Waals surface area (Å²) in [6.45, 7) is 10.8.